The molecule has 1 aromatic carbocycles. The van der Waals surface area contributed by atoms with Gasteiger partial charge in [0.25, 0.3) is 0 Å². The minimum Gasteiger partial charge on any atom is -0.313 e. The zero-order valence-electron chi connectivity index (χ0n) is 12.4. The van der Waals surface area contributed by atoms with Crippen LogP contribution in [0.25, 0.3) is 0 Å². The zero-order chi connectivity index (χ0) is 15.3. The van der Waals surface area contributed by atoms with Crippen molar-refractivity contribution in [2.75, 3.05) is 6.54 Å². The van der Waals surface area contributed by atoms with Crippen LogP contribution in [0.3, 0.4) is 0 Å². The molecule has 4 nitrogen and oxygen atoms in total. The second-order valence-electron chi connectivity index (χ2n) is 5.31. The van der Waals surface area contributed by atoms with Crippen LogP contribution in [0.5, 0.6) is 0 Å². The summed E-state index contributed by atoms with van der Waals surface area (Å²) in [6.45, 7) is 7.91. The monoisotopic (exact) mass is 318 g/mol. The van der Waals surface area contributed by atoms with Crippen LogP contribution >= 0.6 is 11.6 Å². The molecule has 0 heterocycles. The van der Waals surface area contributed by atoms with Gasteiger partial charge in [-0.25, -0.2) is 13.1 Å². The molecule has 2 unspecified atom stereocenters. The molecule has 0 aromatic heterocycles. The van der Waals surface area contributed by atoms with Crippen LogP contribution < -0.4 is 10.0 Å². The van der Waals surface area contributed by atoms with Crippen molar-refractivity contribution in [1.82, 2.24) is 10.0 Å². The van der Waals surface area contributed by atoms with Gasteiger partial charge in [0.2, 0.25) is 10.0 Å². The Balaban J connectivity index is 2.70. The van der Waals surface area contributed by atoms with Gasteiger partial charge in [0.15, 0.2) is 0 Å². The Morgan fingerprint density at radius 2 is 1.85 bits per heavy atom. The lowest BCUT2D eigenvalue weighted by atomic mass is 10.1. The Bertz CT molecular complexity index is 532. The van der Waals surface area contributed by atoms with Gasteiger partial charge < -0.3 is 5.32 Å². The molecule has 20 heavy (non-hydrogen) atoms. The van der Waals surface area contributed by atoms with Crippen LogP contribution in [0, 0.1) is 0 Å². The predicted octanol–water partition coefficient (Wildman–Crippen LogP) is 2.71. The number of benzene rings is 1. The highest BCUT2D eigenvalue weighted by molar-refractivity contribution is 7.90. The molecule has 0 aliphatic carbocycles. The molecule has 1 aromatic rings. The van der Waals surface area contributed by atoms with Gasteiger partial charge in [-0.15, -0.1) is 0 Å². The van der Waals surface area contributed by atoms with Crippen molar-refractivity contribution in [3.8, 4) is 0 Å². The second kappa shape index (κ2) is 7.41. The van der Waals surface area contributed by atoms with Crippen molar-refractivity contribution >= 4 is 21.6 Å². The molecule has 0 aliphatic heterocycles. The van der Waals surface area contributed by atoms with Crippen LogP contribution in [-0.2, 0) is 10.0 Å². The van der Waals surface area contributed by atoms with Crippen LogP contribution in [0.15, 0.2) is 24.3 Å². The summed E-state index contributed by atoms with van der Waals surface area (Å²) in [5.74, 6) is 0. The molecule has 2 atom stereocenters. The Morgan fingerprint density at radius 1 is 1.20 bits per heavy atom. The smallest absolute Gasteiger partial charge is 0.216 e. The average molecular weight is 319 g/mol. The van der Waals surface area contributed by atoms with Gasteiger partial charge in [-0.05, 0) is 31.5 Å². The van der Waals surface area contributed by atoms with E-state index in [1.165, 1.54) is 0 Å². The van der Waals surface area contributed by atoms with E-state index in [1.54, 1.807) is 19.1 Å². The predicted molar refractivity (Wildman–Crippen MR) is 84.5 cm³/mol. The molecule has 6 heteroatoms. The molecule has 2 N–H and O–H groups in total. The van der Waals surface area contributed by atoms with Crippen molar-refractivity contribution in [2.24, 2.45) is 0 Å². The number of hydrogen-bond donors (Lipinski definition) is 2. The summed E-state index contributed by atoms with van der Waals surface area (Å²) < 4.78 is 27.2. The summed E-state index contributed by atoms with van der Waals surface area (Å²) >= 11 is 5.92. The van der Waals surface area contributed by atoms with E-state index in [4.69, 9.17) is 11.6 Å². The van der Waals surface area contributed by atoms with Gasteiger partial charge in [0.05, 0.1) is 5.25 Å². The first kappa shape index (κ1) is 17.4. The highest BCUT2D eigenvalue weighted by atomic mass is 35.5. The van der Waals surface area contributed by atoms with Crippen LogP contribution in [-0.4, -0.2) is 26.3 Å². The Labute approximate surface area is 127 Å². The molecule has 1 rings (SSSR count). The van der Waals surface area contributed by atoms with Gasteiger partial charge in [-0.3, -0.25) is 0 Å². The molecule has 0 aliphatic rings. The lowest BCUT2D eigenvalue weighted by Crippen LogP contribution is -2.41. The average Bonchev–Trinajstić information content (AvgIpc) is 2.35. The summed E-state index contributed by atoms with van der Waals surface area (Å²) in [5, 5.41) is 3.24. The van der Waals surface area contributed by atoms with E-state index in [2.05, 4.69) is 10.0 Å². The van der Waals surface area contributed by atoms with Gasteiger partial charge in [0.1, 0.15) is 0 Å². The topological polar surface area (TPSA) is 58.2 Å². The zero-order valence-corrected chi connectivity index (χ0v) is 13.9. The first-order valence-electron chi connectivity index (χ1n) is 6.72. The van der Waals surface area contributed by atoms with Crippen LogP contribution in [0.2, 0.25) is 5.02 Å². The largest absolute Gasteiger partial charge is 0.313 e. The summed E-state index contributed by atoms with van der Waals surface area (Å²) in [5.41, 5.74) is 0.852. The van der Waals surface area contributed by atoms with Gasteiger partial charge >= 0.3 is 0 Å². The Kier molecular flexibility index (Phi) is 6.45. The number of rotatable bonds is 7. The third-order valence-electron chi connectivity index (χ3n) is 3.03. The van der Waals surface area contributed by atoms with Gasteiger partial charge in [0, 0.05) is 23.7 Å². The first-order valence-corrected chi connectivity index (χ1v) is 8.65. The van der Waals surface area contributed by atoms with Crippen molar-refractivity contribution in [3.05, 3.63) is 34.9 Å². The van der Waals surface area contributed by atoms with Crippen molar-refractivity contribution in [3.63, 3.8) is 0 Å². The molecule has 0 spiro atoms. The molecule has 0 radical (unpaired) electrons. The fourth-order valence-corrected chi connectivity index (χ4v) is 3.09. The summed E-state index contributed by atoms with van der Waals surface area (Å²) in [6.07, 6.45) is 0. The number of hydrogen-bond acceptors (Lipinski definition) is 3. The first-order chi connectivity index (χ1) is 9.22. The summed E-state index contributed by atoms with van der Waals surface area (Å²) in [7, 11) is -3.37. The molecule has 0 bridgehead atoms. The Morgan fingerprint density at radius 3 is 2.40 bits per heavy atom. The lowest BCUT2D eigenvalue weighted by Gasteiger charge is -2.20. The molecular weight excluding hydrogens is 296 g/mol. The molecule has 0 amide bonds. The minimum atomic E-state index is -3.37. The van der Waals surface area contributed by atoms with E-state index in [9.17, 15) is 8.42 Å². The van der Waals surface area contributed by atoms with Crippen molar-refractivity contribution in [2.45, 2.75) is 45.0 Å². The van der Waals surface area contributed by atoms with E-state index in [0.717, 1.165) is 5.56 Å². The normalized spacial score (nSPS) is 15.3. The fourth-order valence-electron chi connectivity index (χ4n) is 1.72. The molecule has 114 valence electrons. The van der Waals surface area contributed by atoms with Gasteiger partial charge in [-0.2, -0.15) is 0 Å². The third kappa shape index (κ3) is 5.40. The SMILES string of the molecule is CC(C)NCC(C)S(=O)(=O)NC(C)c1cccc(Cl)c1. The lowest BCUT2D eigenvalue weighted by molar-refractivity contribution is 0.531. The van der Waals surface area contributed by atoms with E-state index < -0.39 is 15.3 Å². The van der Waals surface area contributed by atoms with E-state index >= 15 is 0 Å². The standard InChI is InChI=1S/C14H23ClN2O2S/c1-10(2)16-9-11(3)20(18,19)17-12(4)13-6-5-7-14(15)8-13/h5-8,10-12,16-17H,9H2,1-4H3. The van der Waals surface area contributed by atoms with E-state index in [1.807, 2.05) is 32.9 Å². The number of sulfonamides is 1. The number of halogens is 1. The molecule has 0 fully saturated rings. The third-order valence-corrected chi connectivity index (χ3v) is 5.18. The maximum Gasteiger partial charge on any atom is 0.216 e. The second-order valence-corrected chi connectivity index (χ2v) is 7.88. The fraction of sp³-hybridized carbons (Fsp3) is 0.571. The van der Waals surface area contributed by atoms with Crippen LogP contribution in [0.4, 0.5) is 0 Å². The molecule has 0 saturated carbocycles. The highest BCUT2D eigenvalue weighted by Crippen LogP contribution is 2.18. The van der Waals surface area contributed by atoms with E-state index in [-0.39, 0.29) is 12.1 Å². The van der Waals surface area contributed by atoms with Gasteiger partial charge in [-0.1, -0.05) is 37.6 Å². The van der Waals surface area contributed by atoms with Crippen molar-refractivity contribution < 1.29 is 8.42 Å². The van der Waals surface area contributed by atoms with Crippen molar-refractivity contribution in [1.29, 1.82) is 0 Å². The maximum absolute atomic E-state index is 12.2. The van der Waals surface area contributed by atoms with Crippen LogP contribution in [0.1, 0.15) is 39.3 Å². The maximum atomic E-state index is 12.2. The Hall–Kier alpha value is -0.620. The summed E-state index contributed by atoms with van der Waals surface area (Å²) in [4.78, 5) is 0. The van der Waals surface area contributed by atoms with E-state index in [0.29, 0.717) is 11.6 Å². The summed E-state index contributed by atoms with van der Waals surface area (Å²) in [6, 6.07) is 7.16. The quantitative estimate of drug-likeness (QED) is 0.812. The minimum absolute atomic E-state index is 0.262. The molecular formula is C14H23ClN2O2S. The highest BCUT2D eigenvalue weighted by Gasteiger charge is 2.23. The molecule has 0 saturated heterocycles. The number of nitrogens with one attached hydrogen (secondary N) is 2.